The van der Waals surface area contributed by atoms with Crippen molar-refractivity contribution in [1.82, 2.24) is 24.9 Å². The Balaban J connectivity index is 0.869. The summed E-state index contributed by atoms with van der Waals surface area (Å²) in [6.07, 6.45) is 15.3. The molecular weight excluding hydrogens is 768 g/mol. The fourth-order valence-corrected chi connectivity index (χ4v) is 13.2. The zero-order valence-corrected chi connectivity index (χ0v) is 35.5. The lowest BCUT2D eigenvalue weighted by molar-refractivity contribution is -0.129. The summed E-state index contributed by atoms with van der Waals surface area (Å²) in [6, 6.07) is 14.9. The molecule has 2 unspecified atom stereocenters. The van der Waals surface area contributed by atoms with Crippen molar-refractivity contribution in [2.75, 3.05) is 83.4 Å². The number of sulfone groups is 1. The van der Waals surface area contributed by atoms with Crippen molar-refractivity contribution >= 4 is 27.5 Å². The van der Waals surface area contributed by atoms with Crippen LogP contribution in [-0.2, 0) is 20.0 Å². The van der Waals surface area contributed by atoms with Gasteiger partial charge in [0.25, 0.3) is 0 Å². The van der Waals surface area contributed by atoms with Gasteiger partial charge in [0.05, 0.1) is 4.90 Å². The zero-order valence-electron chi connectivity index (χ0n) is 34.7. The van der Waals surface area contributed by atoms with E-state index in [4.69, 9.17) is 0 Å². The molecule has 1 saturated carbocycles. The standard InChI is InChI=1S/C46H65FN6O5S/c47-37-10-4-9-36(31-37)46(34-50-25-8-26-50,42-12-5-13-43(42)48-45(55)56)35-19-28-52(29-20-35)38-11-6-27-51(30-21-38)39-15-17-40(18-16-39)59(57,58)41-32-53(33-41)44(54)14-7-24-49-22-2-1-3-23-49/h4,7,9-10,14-18,31,35,38,41-43,48H,1-3,5-6,8,11-13,19-30,32-34H2,(H,55,56)/b14-7+/t38?,42-,43-,46?/m0/s1. The molecule has 6 fully saturated rings. The van der Waals surface area contributed by atoms with Gasteiger partial charge in [0, 0.05) is 68.5 Å². The van der Waals surface area contributed by atoms with Crippen LogP contribution in [0.4, 0.5) is 14.9 Å². The molecule has 59 heavy (non-hydrogen) atoms. The predicted molar refractivity (Wildman–Crippen MR) is 229 cm³/mol. The van der Waals surface area contributed by atoms with Crippen molar-refractivity contribution in [2.45, 2.75) is 105 Å². The monoisotopic (exact) mass is 832 g/mol. The second kappa shape index (κ2) is 18.6. The van der Waals surface area contributed by atoms with Gasteiger partial charge in [-0.25, -0.2) is 17.6 Å². The number of carbonyl (C=O) groups is 2. The van der Waals surface area contributed by atoms with Crippen molar-refractivity contribution in [1.29, 1.82) is 0 Å². The van der Waals surface area contributed by atoms with E-state index in [1.807, 2.05) is 24.3 Å². The van der Waals surface area contributed by atoms with Crippen LogP contribution >= 0.6 is 0 Å². The molecule has 2 amide bonds. The maximum atomic E-state index is 15.0. The molecule has 322 valence electrons. The highest BCUT2D eigenvalue weighted by atomic mass is 32.2. The Morgan fingerprint density at radius 2 is 1.54 bits per heavy atom. The van der Waals surface area contributed by atoms with Gasteiger partial charge in [-0.05, 0) is 157 Å². The molecule has 0 radical (unpaired) electrons. The van der Waals surface area contributed by atoms with E-state index >= 15 is 4.39 Å². The molecule has 2 aromatic carbocycles. The Morgan fingerprint density at radius 3 is 2.24 bits per heavy atom. The number of likely N-dealkylation sites (tertiary alicyclic amines) is 4. The molecule has 0 aromatic heterocycles. The van der Waals surface area contributed by atoms with Crippen LogP contribution in [0.25, 0.3) is 0 Å². The van der Waals surface area contributed by atoms with E-state index < -0.39 is 21.2 Å². The summed E-state index contributed by atoms with van der Waals surface area (Å²) < 4.78 is 42.1. The van der Waals surface area contributed by atoms with E-state index in [2.05, 4.69) is 31.0 Å². The van der Waals surface area contributed by atoms with Crippen LogP contribution in [0.1, 0.15) is 82.6 Å². The number of piperidine rings is 2. The number of hydrogen-bond acceptors (Lipinski definition) is 8. The smallest absolute Gasteiger partial charge is 0.404 e. The van der Waals surface area contributed by atoms with Crippen molar-refractivity contribution in [3.8, 4) is 0 Å². The zero-order chi connectivity index (χ0) is 41.0. The number of carboxylic acid groups (broad SMARTS) is 1. The Kier molecular flexibility index (Phi) is 13.3. The summed E-state index contributed by atoms with van der Waals surface area (Å²) in [6.45, 7) is 10.0. The Labute approximate surface area is 350 Å². The number of hydrogen-bond donors (Lipinski definition) is 2. The third-order valence-electron chi connectivity index (χ3n) is 15.0. The summed E-state index contributed by atoms with van der Waals surface area (Å²) in [7, 11) is -3.54. The van der Waals surface area contributed by atoms with Crippen LogP contribution in [0.5, 0.6) is 0 Å². The molecule has 0 spiro atoms. The predicted octanol–water partition coefficient (Wildman–Crippen LogP) is 6.00. The van der Waals surface area contributed by atoms with E-state index in [0.29, 0.717) is 16.9 Å². The Hall–Kier alpha value is -3.52. The maximum absolute atomic E-state index is 15.0. The van der Waals surface area contributed by atoms with E-state index in [1.165, 1.54) is 31.7 Å². The quantitative estimate of drug-likeness (QED) is 0.235. The summed E-state index contributed by atoms with van der Waals surface area (Å²) >= 11 is 0. The number of anilines is 1. The Bertz CT molecular complexity index is 1890. The van der Waals surface area contributed by atoms with Crippen molar-refractivity contribution in [2.24, 2.45) is 11.8 Å². The van der Waals surface area contributed by atoms with E-state index in [1.54, 1.807) is 29.2 Å². The lowest BCUT2D eigenvalue weighted by Gasteiger charge is -2.54. The minimum absolute atomic E-state index is 0.111. The van der Waals surface area contributed by atoms with Crippen LogP contribution in [0.2, 0.25) is 0 Å². The molecule has 5 saturated heterocycles. The van der Waals surface area contributed by atoms with Crippen LogP contribution in [-0.4, -0.2) is 141 Å². The summed E-state index contributed by atoms with van der Waals surface area (Å²) in [5.41, 5.74) is 1.74. The van der Waals surface area contributed by atoms with Gasteiger partial charge in [0.15, 0.2) is 9.84 Å². The second-order valence-corrected chi connectivity index (χ2v) is 20.6. The number of nitrogens with zero attached hydrogens (tertiary/aromatic N) is 5. The molecule has 13 heteroatoms. The number of carbonyl (C=O) groups excluding carboxylic acids is 1. The number of amides is 2. The van der Waals surface area contributed by atoms with Gasteiger partial charge >= 0.3 is 6.09 Å². The number of halogens is 1. The van der Waals surface area contributed by atoms with Crippen LogP contribution in [0.3, 0.4) is 0 Å². The molecule has 2 aromatic rings. The fraction of sp³-hybridized carbons (Fsp3) is 0.652. The SMILES string of the molecule is O=C(O)N[C@H]1CCC[C@@H]1C(CN1CCC1)(c1cccc(F)c1)C1CCN(C2CCCN(c3ccc(S(=O)(=O)C4CN(C(=O)/C=C/CN5CCCCC5)C4)cc3)CC2)CC1. The van der Waals surface area contributed by atoms with Crippen LogP contribution in [0, 0.1) is 17.7 Å². The average molecular weight is 833 g/mol. The summed E-state index contributed by atoms with van der Waals surface area (Å²) in [5.74, 6) is 0.0886. The molecule has 6 aliphatic rings. The Morgan fingerprint density at radius 1 is 0.797 bits per heavy atom. The molecule has 4 atom stereocenters. The first-order valence-corrected chi connectivity index (χ1v) is 24.1. The van der Waals surface area contributed by atoms with Gasteiger partial charge in [-0.2, -0.15) is 0 Å². The lowest BCUT2D eigenvalue weighted by Crippen LogP contribution is -2.59. The summed E-state index contributed by atoms with van der Waals surface area (Å²) in [5, 5.41) is 12.2. The van der Waals surface area contributed by atoms with Crippen LogP contribution in [0.15, 0.2) is 65.6 Å². The van der Waals surface area contributed by atoms with Gasteiger partial charge in [-0.3, -0.25) is 9.69 Å². The number of benzene rings is 2. The van der Waals surface area contributed by atoms with Gasteiger partial charge in [0.2, 0.25) is 5.91 Å². The third-order valence-corrected chi connectivity index (χ3v) is 17.1. The highest BCUT2D eigenvalue weighted by Crippen LogP contribution is 2.52. The first-order valence-electron chi connectivity index (χ1n) is 22.6. The highest BCUT2D eigenvalue weighted by molar-refractivity contribution is 7.92. The van der Waals surface area contributed by atoms with Crippen molar-refractivity contribution in [3.63, 3.8) is 0 Å². The number of rotatable bonds is 13. The van der Waals surface area contributed by atoms with Gasteiger partial charge in [0.1, 0.15) is 11.1 Å². The van der Waals surface area contributed by atoms with E-state index in [-0.39, 0.29) is 42.2 Å². The average Bonchev–Trinajstić information content (AvgIpc) is 3.51. The molecule has 5 aliphatic heterocycles. The van der Waals surface area contributed by atoms with E-state index in [9.17, 15) is 23.1 Å². The van der Waals surface area contributed by atoms with Crippen LogP contribution < -0.4 is 10.2 Å². The molecule has 11 nitrogen and oxygen atoms in total. The molecular formula is C46H65FN6O5S. The fourth-order valence-electron chi connectivity index (χ4n) is 11.6. The molecule has 8 rings (SSSR count). The minimum Gasteiger partial charge on any atom is -0.465 e. The number of nitrogens with one attached hydrogen (secondary N) is 1. The highest BCUT2D eigenvalue weighted by Gasteiger charge is 2.53. The molecule has 0 bridgehead atoms. The van der Waals surface area contributed by atoms with Gasteiger partial charge in [-0.15, -0.1) is 0 Å². The minimum atomic E-state index is -3.54. The van der Waals surface area contributed by atoms with Gasteiger partial charge < -0.3 is 30.0 Å². The second-order valence-electron chi connectivity index (χ2n) is 18.3. The first-order chi connectivity index (χ1) is 28.6. The largest absolute Gasteiger partial charge is 0.465 e. The summed E-state index contributed by atoms with van der Waals surface area (Å²) in [4.78, 5) is 36.6. The third kappa shape index (κ3) is 9.38. The molecule has 1 aliphatic carbocycles. The topological polar surface area (TPSA) is 117 Å². The molecule has 5 heterocycles. The van der Waals surface area contributed by atoms with Gasteiger partial charge in [-0.1, -0.05) is 31.1 Å². The van der Waals surface area contributed by atoms with E-state index in [0.717, 1.165) is 128 Å². The first kappa shape index (κ1) is 42.2. The van der Waals surface area contributed by atoms with Crippen molar-refractivity contribution < 1.29 is 27.5 Å². The molecule has 2 N–H and O–H groups in total. The van der Waals surface area contributed by atoms with Crippen molar-refractivity contribution in [3.05, 3.63) is 72.1 Å². The lowest BCUT2D eigenvalue weighted by atomic mass is 9.57. The maximum Gasteiger partial charge on any atom is 0.404 e. The normalized spacial score (nSPS) is 26.9.